The van der Waals surface area contributed by atoms with Gasteiger partial charge in [0.05, 0.1) is 24.9 Å². The molecule has 0 bridgehead atoms. The average molecular weight is 467 g/mol. The van der Waals surface area contributed by atoms with Crippen LogP contribution in [0.25, 0.3) is 0 Å². The number of esters is 1. The Labute approximate surface area is 184 Å². The number of hydrogen-bond acceptors (Lipinski definition) is 7. The fraction of sp³-hybridized carbons (Fsp3) is 0.952. The maximum Gasteiger partial charge on any atom is 0.311 e. The van der Waals surface area contributed by atoms with Gasteiger partial charge in [-0.15, -0.1) is 0 Å². The van der Waals surface area contributed by atoms with Crippen LogP contribution in [0.5, 0.6) is 0 Å². The molecule has 0 radical (unpaired) electrons. The lowest BCUT2D eigenvalue weighted by atomic mass is 9.98. The summed E-state index contributed by atoms with van der Waals surface area (Å²) in [5, 5.41) is 0. The molecule has 0 aliphatic carbocycles. The lowest BCUT2D eigenvalue weighted by Crippen LogP contribution is -2.39. The molecule has 0 N–H and O–H groups in total. The molecule has 3 unspecified atom stereocenters. The van der Waals surface area contributed by atoms with E-state index in [4.69, 9.17) is 18.4 Å². The van der Waals surface area contributed by atoms with Gasteiger partial charge in [-0.05, 0) is 45.1 Å². The summed E-state index contributed by atoms with van der Waals surface area (Å²) in [4.78, 5) is 12.6. The third-order valence-electron chi connectivity index (χ3n) is 4.99. The van der Waals surface area contributed by atoms with Gasteiger partial charge >= 0.3 is 5.97 Å². The van der Waals surface area contributed by atoms with Crippen molar-refractivity contribution in [2.45, 2.75) is 96.4 Å². The van der Waals surface area contributed by atoms with Crippen molar-refractivity contribution in [2.24, 2.45) is 5.92 Å². The second kappa shape index (κ2) is 13.8. The molecule has 1 fully saturated rings. The Morgan fingerprint density at radius 3 is 2.40 bits per heavy atom. The Kier molecular flexibility index (Phi) is 12.7. The third-order valence-corrected chi connectivity index (χ3v) is 7.25. The van der Waals surface area contributed by atoms with Gasteiger partial charge in [0.25, 0.3) is 10.1 Å². The first-order valence-corrected chi connectivity index (χ1v) is 16.8. The zero-order valence-electron chi connectivity index (χ0n) is 19.5. The largest absolute Gasteiger partial charge is 0.466 e. The zero-order valence-corrected chi connectivity index (χ0v) is 21.3. The summed E-state index contributed by atoms with van der Waals surface area (Å²) in [6.45, 7) is 9.97. The predicted octanol–water partition coefficient (Wildman–Crippen LogP) is 4.34. The maximum atomic E-state index is 12.6. The minimum atomic E-state index is -3.66. The van der Waals surface area contributed by atoms with Gasteiger partial charge in [0, 0.05) is 21.3 Å². The smallest absolute Gasteiger partial charge is 0.311 e. The molecule has 1 heterocycles. The fourth-order valence-electron chi connectivity index (χ4n) is 3.68. The summed E-state index contributed by atoms with van der Waals surface area (Å²) >= 11 is 0. The number of unbranched alkanes of at least 4 members (excludes halogenated alkanes) is 3. The molecule has 178 valence electrons. The molecule has 0 amide bonds. The summed E-state index contributed by atoms with van der Waals surface area (Å²) in [5.41, 5.74) is 0. The first-order valence-electron chi connectivity index (χ1n) is 11.3. The Hall–Kier alpha value is -0.483. The predicted molar refractivity (Wildman–Crippen MR) is 121 cm³/mol. The molecule has 1 aliphatic heterocycles. The van der Waals surface area contributed by atoms with E-state index < -0.39 is 30.2 Å². The molecule has 0 spiro atoms. The van der Waals surface area contributed by atoms with E-state index in [1.54, 1.807) is 6.92 Å². The SMILES string of the molecule is CCOC(=O)C(C[Si](C)(C)C)C(CCCCCCOC1CCCCO1)OS(C)(=O)=O. The minimum Gasteiger partial charge on any atom is -0.466 e. The number of ether oxygens (including phenoxy) is 3. The van der Waals surface area contributed by atoms with E-state index in [0.717, 1.165) is 57.8 Å². The molecule has 30 heavy (non-hydrogen) atoms. The molecule has 3 atom stereocenters. The highest BCUT2D eigenvalue weighted by atomic mass is 32.2. The quantitative estimate of drug-likeness (QED) is 0.153. The van der Waals surface area contributed by atoms with Crippen LogP contribution in [0.15, 0.2) is 0 Å². The summed E-state index contributed by atoms with van der Waals surface area (Å²) in [7, 11) is -5.30. The fourth-order valence-corrected chi connectivity index (χ4v) is 6.10. The third kappa shape index (κ3) is 13.0. The second-order valence-corrected chi connectivity index (χ2v) is 16.5. The highest BCUT2D eigenvalue weighted by molar-refractivity contribution is 7.86. The van der Waals surface area contributed by atoms with Crippen LogP contribution in [0.4, 0.5) is 0 Å². The van der Waals surface area contributed by atoms with Crippen molar-refractivity contribution in [1.29, 1.82) is 0 Å². The van der Waals surface area contributed by atoms with Crippen LogP contribution in [0.1, 0.15) is 58.3 Å². The van der Waals surface area contributed by atoms with Gasteiger partial charge in [-0.2, -0.15) is 8.42 Å². The molecule has 0 saturated carbocycles. The maximum absolute atomic E-state index is 12.6. The van der Waals surface area contributed by atoms with E-state index in [1.807, 2.05) is 0 Å². The topological polar surface area (TPSA) is 88.1 Å². The van der Waals surface area contributed by atoms with Gasteiger partial charge in [-0.25, -0.2) is 0 Å². The van der Waals surface area contributed by atoms with E-state index in [1.165, 1.54) is 0 Å². The normalized spacial score (nSPS) is 20.0. The Morgan fingerprint density at radius 1 is 1.13 bits per heavy atom. The monoisotopic (exact) mass is 466 g/mol. The Balaban J connectivity index is 2.51. The van der Waals surface area contributed by atoms with Crippen molar-refractivity contribution in [2.75, 3.05) is 26.1 Å². The molecular formula is C21H42O7SSi. The zero-order chi connectivity index (χ0) is 22.6. The van der Waals surface area contributed by atoms with E-state index in [9.17, 15) is 13.2 Å². The lowest BCUT2D eigenvalue weighted by molar-refractivity contribution is -0.162. The van der Waals surface area contributed by atoms with Crippen molar-refractivity contribution in [3.8, 4) is 0 Å². The van der Waals surface area contributed by atoms with Gasteiger partial charge in [-0.1, -0.05) is 38.9 Å². The number of rotatable bonds is 15. The van der Waals surface area contributed by atoms with Crippen LogP contribution >= 0.6 is 0 Å². The van der Waals surface area contributed by atoms with Crippen LogP contribution in [0.3, 0.4) is 0 Å². The summed E-state index contributed by atoms with van der Waals surface area (Å²) in [5.74, 6) is -0.896. The Bertz CT molecular complexity index is 583. The van der Waals surface area contributed by atoms with Gasteiger partial charge in [0.2, 0.25) is 0 Å². The highest BCUT2D eigenvalue weighted by Crippen LogP contribution is 2.28. The molecule has 7 nitrogen and oxygen atoms in total. The number of carbonyl (C=O) groups is 1. The second-order valence-electron chi connectivity index (χ2n) is 9.33. The van der Waals surface area contributed by atoms with Gasteiger partial charge in [0.15, 0.2) is 6.29 Å². The molecular weight excluding hydrogens is 424 g/mol. The summed E-state index contributed by atoms with van der Waals surface area (Å²) in [6.07, 6.45) is 7.72. The summed E-state index contributed by atoms with van der Waals surface area (Å²) in [6, 6.07) is 0.640. The van der Waals surface area contributed by atoms with Crippen LogP contribution in [0, 0.1) is 5.92 Å². The Morgan fingerprint density at radius 2 is 1.83 bits per heavy atom. The van der Waals surface area contributed by atoms with E-state index in [-0.39, 0.29) is 18.9 Å². The average Bonchev–Trinajstić information content (AvgIpc) is 2.64. The first-order chi connectivity index (χ1) is 14.0. The van der Waals surface area contributed by atoms with Crippen LogP contribution in [-0.2, 0) is 33.3 Å². The lowest BCUT2D eigenvalue weighted by Gasteiger charge is -2.29. The van der Waals surface area contributed by atoms with Crippen LogP contribution in [0.2, 0.25) is 25.7 Å². The molecule has 1 rings (SSSR count). The van der Waals surface area contributed by atoms with Crippen LogP contribution < -0.4 is 0 Å². The number of hydrogen-bond donors (Lipinski definition) is 0. The van der Waals surface area contributed by atoms with Gasteiger partial charge in [-0.3, -0.25) is 8.98 Å². The molecule has 1 aliphatic rings. The van der Waals surface area contributed by atoms with Crippen molar-refractivity contribution in [3.05, 3.63) is 0 Å². The highest BCUT2D eigenvalue weighted by Gasteiger charge is 2.36. The van der Waals surface area contributed by atoms with Crippen molar-refractivity contribution >= 4 is 24.2 Å². The van der Waals surface area contributed by atoms with Crippen molar-refractivity contribution in [3.63, 3.8) is 0 Å². The van der Waals surface area contributed by atoms with Gasteiger partial charge < -0.3 is 14.2 Å². The number of carbonyl (C=O) groups excluding carboxylic acids is 1. The van der Waals surface area contributed by atoms with E-state index in [2.05, 4.69) is 19.6 Å². The van der Waals surface area contributed by atoms with Crippen LogP contribution in [-0.4, -0.2) is 60.9 Å². The molecule has 1 saturated heterocycles. The molecule has 0 aromatic carbocycles. The van der Waals surface area contributed by atoms with Gasteiger partial charge in [0.1, 0.15) is 0 Å². The van der Waals surface area contributed by atoms with Crippen molar-refractivity contribution in [1.82, 2.24) is 0 Å². The van der Waals surface area contributed by atoms with E-state index in [0.29, 0.717) is 19.1 Å². The molecule has 9 heteroatoms. The molecule has 0 aromatic rings. The molecule has 0 aromatic heterocycles. The van der Waals surface area contributed by atoms with Crippen molar-refractivity contribution < 1.29 is 31.6 Å². The minimum absolute atomic E-state index is 0.0572. The summed E-state index contributed by atoms with van der Waals surface area (Å²) < 4.78 is 45.6. The standard InChI is InChI=1S/C21H42O7SSi/c1-6-25-21(22)18(17-30(3,4)5)19(28-29(2,23)24)13-9-7-8-11-15-26-20-14-10-12-16-27-20/h18-20H,6-17H2,1-5H3. The van der Waals surface area contributed by atoms with E-state index >= 15 is 0 Å². The first kappa shape index (κ1) is 27.6.